The summed E-state index contributed by atoms with van der Waals surface area (Å²) < 4.78 is 32.5. The lowest BCUT2D eigenvalue weighted by molar-refractivity contribution is -0.127. The molecule has 11 heteroatoms. The summed E-state index contributed by atoms with van der Waals surface area (Å²) in [6, 6.07) is 16.8. The summed E-state index contributed by atoms with van der Waals surface area (Å²) in [5, 5.41) is 11.3. The van der Waals surface area contributed by atoms with Crippen LogP contribution in [0, 0.1) is 5.82 Å². The third-order valence-corrected chi connectivity index (χ3v) is 7.00. The minimum absolute atomic E-state index is 0.0993. The van der Waals surface area contributed by atoms with Gasteiger partial charge in [-0.05, 0) is 54.8 Å². The third kappa shape index (κ3) is 5.32. The van der Waals surface area contributed by atoms with Crippen molar-refractivity contribution in [3.63, 3.8) is 0 Å². The Balaban J connectivity index is 1.40. The fourth-order valence-electron chi connectivity index (χ4n) is 5.04. The summed E-state index contributed by atoms with van der Waals surface area (Å²) >= 11 is 0. The quantitative estimate of drug-likeness (QED) is 0.362. The van der Waals surface area contributed by atoms with E-state index >= 15 is 0 Å². The van der Waals surface area contributed by atoms with Gasteiger partial charge in [-0.1, -0.05) is 29.5 Å². The number of hydrogen-bond donors (Lipinski definition) is 1. The molecule has 0 bridgehead atoms. The summed E-state index contributed by atoms with van der Waals surface area (Å²) in [7, 11) is 0. The first-order valence-corrected chi connectivity index (χ1v) is 13.2. The van der Waals surface area contributed by atoms with Crippen molar-refractivity contribution in [1.82, 2.24) is 20.3 Å². The lowest BCUT2D eigenvalue weighted by Crippen LogP contribution is -2.46. The van der Waals surface area contributed by atoms with Crippen molar-refractivity contribution in [2.75, 3.05) is 31.3 Å². The number of rotatable bonds is 8. The summed E-state index contributed by atoms with van der Waals surface area (Å²) in [4.78, 5) is 29.4. The van der Waals surface area contributed by atoms with Gasteiger partial charge in [0, 0.05) is 24.9 Å². The van der Waals surface area contributed by atoms with E-state index in [-0.39, 0.29) is 12.6 Å². The predicted octanol–water partition coefficient (Wildman–Crippen LogP) is 3.41. The summed E-state index contributed by atoms with van der Waals surface area (Å²) in [6.45, 7) is 1.53. The molecule has 1 N–H and O–H groups in total. The highest BCUT2D eigenvalue weighted by atomic mass is 19.1. The molecule has 6 rings (SSSR count). The molecular formula is C29H28FN5O5. The van der Waals surface area contributed by atoms with Crippen molar-refractivity contribution in [1.29, 1.82) is 0 Å². The van der Waals surface area contributed by atoms with Crippen molar-refractivity contribution in [2.24, 2.45) is 0 Å². The van der Waals surface area contributed by atoms with Crippen LogP contribution < -0.4 is 19.7 Å². The molecule has 2 amide bonds. The van der Waals surface area contributed by atoms with Crippen LogP contribution in [0.4, 0.5) is 10.1 Å². The van der Waals surface area contributed by atoms with Gasteiger partial charge < -0.3 is 19.5 Å². The molecule has 0 spiro atoms. The van der Waals surface area contributed by atoms with Gasteiger partial charge >= 0.3 is 0 Å². The number of nitrogens with zero attached hydrogens (tertiary/aromatic N) is 4. The van der Waals surface area contributed by atoms with E-state index in [9.17, 15) is 14.0 Å². The second kappa shape index (κ2) is 11.3. The SMILES string of the molecule is O=C(NC[C@H]1CCCO1)[C@H](c1ccc(F)cc1)N(C(=O)Cn1nnc2ccccc21)c1ccc2c(c1)OCCO2. The second-order valence-electron chi connectivity index (χ2n) is 9.66. The third-order valence-electron chi connectivity index (χ3n) is 7.00. The van der Waals surface area contributed by atoms with E-state index in [4.69, 9.17) is 14.2 Å². The van der Waals surface area contributed by atoms with E-state index in [1.165, 1.54) is 33.8 Å². The number of para-hydroxylation sites is 1. The molecule has 4 aromatic rings. The Morgan fingerprint density at radius 3 is 2.62 bits per heavy atom. The number of carbonyl (C=O) groups excluding carboxylic acids is 2. The molecule has 206 valence electrons. The van der Waals surface area contributed by atoms with Gasteiger partial charge in [-0.2, -0.15) is 0 Å². The number of aromatic nitrogens is 3. The minimum atomic E-state index is -1.12. The topological polar surface area (TPSA) is 108 Å². The van der Waals surface area contributed by atoms with Gasteiger partial charge in [0.25, 0.3) is 0 Å². The number of nitrogens with one attached hydrogen (secondary N) is 1. The van der Waals surface area contributed by atoms with Gasteiger partial charge in [-0.15, -0.1) is 5.10 Å². The van der Waals surface area contributed by atoms with Crippen LogP contribution in [-0.4, -0.2) is 59.3 Å². The lowest BCUT2D eigenvalue weighted by atomic mass is 10.0. The van der Waals surface area contributed by atoms with Gasteiger partial charge in [0.05, 0.1) is 11.6 Å². The Hall–Kier alpha value is -4.51. The van der Waals surface area contributed by atoms with Gasteiger partial charge in [0.2, 0.25) is 11.8 Å². The number of ether oxygens (including phenoxy) is 3. The smallest absolute Gasteiger partial charge is 0.249 e. The molecule has 0 radical (unpaired) electrons. The van der Waals surface area contributed by atoms with Crippen molar-refractivity contribution in [3.8, 4) is 11.5 Å². The van der Waals surface area contributed by atoms with Gasteiger partial charge in [-0.25, -0.2) is 9.07 Å². The lowest BCUT2D eigenvalue weighted by Gasteiger charge is -2.32. The largest absolute Gasteiger partial charge is 0.486 e. The average molecular weight is 546 g/mol. The first-order valence-electron chi connectivity index (χ1n) is 13.2. The van der Waals surface area contributed by atoms with Crippen molar-refractivity contribution in [3.05, 3.63) is 78.1 Å². The highest BCUT2D eigenvalue weighted by Gasteiger charge is 2.34. The van der Waals surface area contributed by atoms with E-state index in [2.05, 4.69) is 15.6 Å². The van der Waals surface area contributed by atoms with E-state index in [0.29, 0.717) is 60.1 Å². The van der Waals surface area contributed by atoms with E-state index in [0.717, 1.165) is 12.8 Å². The predicted molar refractivity (Wildman–Crippen MR) is 144 cm³/mol. The molecule has 10 nitrogen and oxygen atoms in total. The van der Waals surface area contributed by atoms with Gasteiger partial charge in [-0.3, -0.25) is 14.5 Å². The molecule has 2 aliphatic rings. The monoisotopic (exact) mass is 545 g/mol. The van der Waals surface area contributed by atoms with E-state index < -0.39 is 23.7 Å². The number of benzene rings is 3. The van der Waals surface area contributed by atoms with Crippen LogP contribution in [-0.2, 0) is 20.9 Å². The van der Waals surface area contributed by atoms with E-state index in [1.807, 2.05) is 24.3 Å². The Bertz CT molecular complexity index is 1520. The number of hydrogen-bond acceptors (Lipinski definition) is 7. The van der Waals surface area contributed by atoms with Crippen LogP contribution in [0.15, 0.2) is 66.7 Å². The number of amides is 2. The summed E-state index contributed by atoms with van der Waals surface area (Å²) in [5.74, 6) is -0.285. The zero-order valence-corrected chi connectivity index (χ0v) is 21.7. The van der Waals surface area contributed by atoms with Crippen LogP contribution in [0.1, 0.15) is 24.4 Å². The Morgan fingerprint density at radius 2 is 1.82 bits per heavy atom. The maximum Gasteiger partial charge on any atom is 0.249 e. The van der Waals surface area contributed by atoms with Crippen LogP contribution in [0.2, 0.25) is 0 Å². The van der Waals surface area contributed by atoms with Crippen LogP contribution >= 0.6 is 0 Å². The molecule has 0 unspecified atom stereocenters. The normalized spacial score (nSPS) is 17.0. The molecule has 0 saturated carbocycles. The standard InChI is InChI=1S/C29H28FN5O5/c30-20-9-7-19(8-10-20)28(29(37)31-17-22-4-3-13-38-22)35(21-11-12-25-26(16-21)40-15-14-39-25)27(36)18-34-24-6-2-1-5-23(24)32-33-34/h1-2,5-12,16,22,28H,3-4,13-15,17-18H2,(H,31,37)/t22-,28+/m1/s1. The number of carbonyl (C=O) groups is 2. The van der Waals surface area contributed by atoms with Crippen LogP contribution in [0.5, 0.6) is 11.5 Å². The van der Waals surface area contributed by atoms with Crippen molar-refractivity contribution >= 4 is 28.5 Å². The zero-order chi connectivity index (χ0) is 27.5. The molecule has 1 aromatic heterocycles. The van der Waals surface area contributed by atoms with Crippen LogP contribution in [0.3, 0.4) is 0 Å². The highest BCUT2D eigenvalue weighted by Crippen LogP contribution is 2.37. The molecule has 1 fully saturated rings. The number of anilines is 1. The Kier molecular flexibility index (Phi) is 7.28. The van der Waals surface area contributed by atoms with Crippen molar-refractivity contribution < 1.29 is 28.2 Å². The highest BCUT2D eigenvalue weighted by molar-refractivity contribution is 6.01. The Labute approximate surface area is 229 Å². The van der Waals surface area contributed by atoms with Gasteiger partial charge in [0.1, 0.15) is 37.1 Å². The Morgan fingerprint density at radius 1 is 1.02 bits per heavy atom. The molecular weight excluding hydrogens is 517 g/mol. The number of halogens is 1. The molecule has 3 aromatic carbocycles. The molecule has 1 saturated heterocycles. The molecule has 40 heavy (non-hydrogen) atoms. The molecule has 3 heterocycles. The van der Waals surface area contributed by atoms with Gasteiger partial charge in [0.15, 0.2) is 11.5 Å². The maximum absolute atomic E-state index is 14.2. The van der Waals surface area contributed by atoms with E-state index in [1.54, 1.807) is 18.2 Å². The maximum atomic E-state index is 14.2. The first-order chi connectivity index (χ1) is 19.6. The summed E-state index contributed by atoms with van der Waals surface area (Å²) in [5.41, 5.74) is 2.18. The molecule has 0 aliphatic carbocycles. The molecule has 2 atom stereocenters. The fourth-order valence-corrected chi connectivity index (χ4v) is 5.04. The first kappa shape index (κ1) is 25.8. The average Bonchev–Trinajstić information content (AvgIpc) is 3.65. The van der Waals surface area contributed by atoms with Crippen LogP contribution in [0.25, 0.3) is 11.0 Å². The van der Waals surface area contributed by atoms with Crippen molar-refractivity contribution in [2.45, 2.75) is 31.5 Å². The minimum Gasteiger partial charge on any atom is -0.486 e. The molecule has 2 aliphatic heterocycles. The second-order valence-corrected chi connectivity index (χ2v) is 9.66. The number of fused-ring (bicyclic) bond motifs is 2. The zero-order valence-electron chi connectivity index (χ0n) is 21.7. The summed E-state index contributed by atoms with van der Waals surface area (Å²) in [6.07, 6.45) is 1.67. The fraction of sp³-hybridized carbons (Fsp3) is 0.310.